The van der Waals surface area contributed by atoms with Gasteiger partial charge in [0.15, 0.2) is 0 Å². The molecule has 92 valence electrons. The van der Waals surface area contributed by atoms with Crippen LogP contribution in [0.3, 0.4) is 0 Å². The Balaban J connectivity index is 2.11. The van der Waals surface area contributed by atoms with E-state index in [4.69, 9.17) is 18.0 Å². The number of thiocarbonyl (C=S) groups is 1. The predicted molar refractivity (Wildman–Crippen MR) is 71.7 cm³/mol. The number of hydrogen-bond donors (Lipinski definition) is 2. The highest BCUT2D eigenvalue weighted by molar-refractivity contribution is 7.80. The fourth-order valence-electron chi connectivity index (χ4n) is 1.89. The van der Waals surface area contributed by atoms with Crippen molar-refractivity contribution in [2.45, 2.75) is 26.2 Å². The van der Waals surface area contributed by atoms with Gasteiger partial charge in [-0.15, -0.1) is 0 Å². The minimum absolute atomic E-state index is 0.303. The second kappa shape index (κ2) is 5.37. The van der Waals surface area contributed by atoms with Crippen LogP contribution in [-0.2, 0) is 0 Å². The van der Waals surface area contributed by atoms with Crippen molar-refractivity contribution in [1.82, 2.24) is 15.0 Å². The van der Waals surface area contributed by atoms with Crippen molar-refractivity contribution in [2.24, 2.45) is 5.73 Å². The molecule has 0 radical (unpaired) electrons. The first kappa shape index (κ1) is 12.2. The van der Waals surface area contributed by atoms with Crippen LogP contribution in [-0.4, -0.2) is 33.1 Å². The average molecular weight is 251 g/mol. The Morgan fingerprint density at radius 2 is 2.06 bits per heavy atom. The maximum absolute atomic E-state index is 5.58. The second-order valence-corrected chi connectivity index (χ2v) is 4.68. The number of nitrogens with two attached hydrogens (primary N) is 1. The van der Waals surface area contributed by atoms with Gasteiger partial charge < -0.3 is 5.73 Å². The van der Waals surface area contributed by atoms with Crippen LogP contribution < -0.4 is 11.2 Å². The van der Waals surface area contributed by atoms with E-state index in [-0.39, 0.29) is 0 Å². The van der Waals surface area contributed by atoms with Crippen molar-refractivity contribution in [2.75, 3.05) is 18.5 Å². The topological polar surface area (TPSA) is 67.1 Å². The van der Waals surface area contributed by atoms with E-state index in [1.165, 1.54) is 19.3 Å². The second-order valence-electron chi connectivity index (χ2n) is 4.24. The summed E-state index contributed by atoms with van der Waals surface area (Å²) in [5.41, 5.74) is 10.3. The molecule has 1 fully saturated rings. The van der Waals surface area contributed by atoms with Crippen LogP contribution in [0, 0.1) is 6.92 Å². The lowest BCUT2D eigenvalue weighted by Crippen LogP contribution is -2.35. The van der Waals surface area contributed by atoms with Gasteiger partial charge in [-0.2, -0.15) is 0 Å². The molecule has 6 heteroatoms. The molecule has 5 nitrogen and oxygen atoms in total. The molecule has 1 aromatic rings. The highest BCUT2D eigenvalue weighted by Gasteiger charge is 2.12. The normalized spacial score (nSPS) is 16.8. The van der Waals surface area contributed by atoms with Gasteiger partial charge in [-0.1, -0.05) is 18.6 Å². The molecule has 0 aromatic carbocycles. The van der Waals surface area contributed by atoms with Crippen LogP contribution >= 0.6 is 12.2 Å². The lowest BCUT2D eigenvalue weighted by atomic mass is 10.2. The fraction of sp³-hybridized carbons (Fsp3) is 0.545. The van der Waals surface area contributed by atoms with Crippen molar-refractivity contribution >= 4 is 23.2 Å². The predicted octanol–water partition coefficient (Wildman–Crippen LogP) is 1.23. The molecule has 3 N–H and O–H groups in total. The minimum Gasteiger partial charge on any atom is -0.388 e. The molecule has 1 aliphatic rings. The average Bonchev–Trinajstić information content (AvgIpc) is 2.29. The number of hydrogen-bond acceptors (Lipinski definition) is 5. The van der Waals surface area contributed by atoms with Gasteiger partial charge in [-0.3, -0.25) is 5.43 Å². The first-order valence-electron chi connectivity index (χ1n) is 5.82. The van der Waals surface area contributed by atoms with Crippen LogP contribution in [0.15, 0.2) is 6.07 Å². The summed E-state index contributed by atoms with van der Waals surface area (Å²) in [6, 6.07) is 1.80. The number of nitrogens with one attached hydrogen (secondary N) is 1. The molecule has 0 aliphatic carbocycles. The number of aryl methyl sites for hydroxylation is 1. The zero-order valence-electron chi connectivity index (χ0n) is 9.94. The molecule has 2 heterocycles. The van der Waals surface area contributed by atoms with Crippen molar-refractivity contribution in [3.8, 4) is 0 Å². The first-order chi connectivity index (χ1) is 8.15. The van der Waals surface area contributed by atoms with Crippen molar-refractivity contribution in [3.05, 3.63) is 17.5 Å². The Morgan fingerprint density at radius 3 is 2.71 bits per heavy atom. The van der Waals surface area contributed by atoms with E-state index in [1.807, 2.05) is 6.92 Å². The van der Waals surface area contributed by atoms with E-state index in [9.17, 15) is 0 Å². The monoisotopic (exact) mass is 251 g/mol. The Bertz CT molecular complexity index is 414. The maximum atomic E-state index is 5.58. The largest absolute Gasteiger partial charge is 0.388 e. The standard InChI is InChI=1S/C11H17N5S/c1-8-7-9(10(12)17)14-11(13-8)15-16-5-3-2-4-6-16/h7H,2-6H2,1H3,(H2,12,17)(H,13,14,15). The van der Waals surface area contributed by atoms with Crippen LogP contribution in [0.5, 0.6) is 0 Å². The third-order valence-corrected chi connectivity index (χ3v) is 2.93. The molecule has 0 spiro atoms. The summed E-state index contributed by atoms with van der Waals surface area (Å²) >= 11 is 4.93. The number of hydrazine groups is 1. The summed E-state index contributed by atoms with van der Waals surface area (Å²) in [6.45, 7) is 3.96. The number of rotatable bonds is 3. The molecule has 1 aromatic heterocycles. The highest BCUT2D eigenvalue weighted by atomic mass is 32.1. The Hall–Kier alpha value is -1.27. The van der Waals surface area contributed by atoms with Gasteiger partial charge in [-0.25, -0.2) is 15.0 Å². The van der Waals surface area contributed by atoms with Crippen molar-refractivity contribution in [1.29, 1.82) is 0 Å². The molecule has 17 heavy (non-hydrogen) atoms. The van der Waals surface area contributed by atoms with E-state index in [0.717, 1.165) is 18.8 Å². The minimum atomic E-state index is 0.303. The third-order valence-electron chi connectivity index (χ3n) is 2.72. The molecular weight excluding hydrogens is 234 g/mol. The van der Waals surface area contributed by atoms with E-state index < -0.39 is 0 Å². The van der Waals surface area contributed by atoms with Gasteiger partial charge in [-0.05, 0) is 25.8 Å². The van der Waals surface area contributed by atoms with E-state index in [2.05, 4.69) is 20.4 Å². The number of aromatic nitrogens is 2. The molecule has 0 atom stereocenters. The van der Waals surface area contributed by atoms with Gasteiger partial charge >= 0.3 is 0 Å². The van der Waals surface area contributed by atoms with Crippen molar-refractivity contribution < 1.29 is 0 Å². The molecular formula is C11H17N5S. The van der Waals surface area contributed by atoms with E-state index in [1.54, 1.807) is 6.07 Å². The number of nitrogens with zero attached hydrogens (tertiary/aromatic N) is 3. The zero-order valence-corrected chi connectivity index (χ0v) is 10.8. The van der Waals surface area contributed by atoms with Gasteiger partial charge in [0.1, 0.15) is 10.7 Å². The van der Waals surface area contributed by atoms with E-state index >= 15 is 0 Å². The smallest absolute Gasteiger partial charge is 0.238 e. The van der Waals surface area contributed by atoms with Gasteiger partial charge in [0.25, 0.3) is 0 Å². The fourth-order valence-corrected chi connectivity index (χ4v) is 2.00. The SMILES string of the molecule is Cc1cc(C(N)=S)nc(NN2CCCCC2)n1. The summed E-state index contributed by atoms with van der Waals surface area (Å²) < 4.78 is 0. The van der Waals surface area contributed by atoms with E-state index in [0.29, 0.717) is 16.6 Å². The van der Waals surface area contributed by atoms with Crippen LogP contribution in [0.1, 0.15) is 30.7 Å². The summed E-state index contributed by atoms with van der Waals surface area (Å²) in [4.78, 5) is 8.93. The Morgan fingerprint density at radius 1 is 1.35 bits per heavy atom. The Kier molecular flexibility index (Phi) is 3.86. The maximum Gasteiger partial charge on any atom is 0.238 e. The zero-order chi connectivity index (χ0) is 12.3. The lowest BCUT2D eigenvalue weighted by molar-refractivity contribution is 0.271. The highest BCUT2D eigenvalue weighted by Crippen LogP contribution is 2.11. The number of piperidine rings is 1. The first-order valence-corrected chi connectivity index (χ1v) is 6.23. The molecule has 0 bridgehead atoms. The molecule has 1 saturated heterocycles. The molecule has 0 saturated carbocycles. The molecule has 2 rings (SSSR count). The van der Waals surface area contributed by atoms with Crippen molar-refractivity contribution in [3.63, 3.8) is 0 Å². The van der Waals surface area contributed by atoms with Crippen LogP contribution in [0.25, 0.3) is 0 Å². The van der Waals surface area contributed by atoms with Gasteiger partial charge in [0.05, 0.1) is 0 Å². The third kappa shape index (κ3) is 3.34. The van der Waals surface area contributed by atoms with Crippen LogP contribution in [0.2, 0.25) is 0 Å². The quantitative estimate of drug-likeness (QED) is 0.788. The molecule has 0 unspecified atom stereocenters. The van der Waals surface area contributed by atoms with Gasteiger partial charge in [0.2, 0.25) is 5.95 Å². The summed E-state index contributed by atoms with van der Waals surface area (Å²) in [5.74, 6) is 0.578. The van der Waals surface area contributed by atoms with Gasteiger partial charge in [0, 0.05) is 18.8 Å². The Labute approximate surface area is 106 Å². The summed E-state index contributed by atoms with van der Waals surface area (Å²) in [7, 11) is 0. The molecule has 0 amide bonds. The molecule has 1 aliphatic heterocycles. The lowest BCUT2D eigenvalue weighted by Gasteiger charge is -2.26. The number of anilines is 1. The summed E-state index contributed by atoms with van der Waals surface area (Å²) in [5, 5.41) is 2.14. The van der Waals surface area contributed by atoms with Crippen LogP contribution in [0.4, 0.5) is 5.95 Å². The summed E-state index contributed by atoms with van der Waals surface area (Å²) in [6.07, 6.45) is 3.72.